The van der Waals surface area contributed by atoms with E-state index in [1.807, 2.05) is 20.8 Å². The van der Waals surface area contributed by atoms with Crippen LogP contribution < -0.4 is 0 Å². The lowest BCUT2D eigenvalue weighted by molar-refractivity contribution is -0.249. The highest BCUT2D eigenvalue weighted by Crippen LogP contribution is 2.84. The molecule has 0 unspecified atom stereocenters. The van der Waals surface area contributed by atoms with E-state index in [0.29, 0.717) is 25.7 Å². The van der Waals surface area contributed by atoms with Crippen molar-refractivity contribution in [1.82, 2.24) is 0 Å². The minimum Gasteiger partial charge on any atom is -0.459 e. The molecule has 0 aromatic rings. The molecule has 1 spiro atoms. The number of ketones is 1. The number of esters is 6. The van der Waals surface area contributed by atoms with Gasteiger partial charge in [0.2, 0.25) is 0 Å². The number of carbonyl (C=O) groups is 7. The van der Waals surface area contributed by atoms with Crippen LogP contribution in [0.5, 0.6) is 0 Å². The van der Waals surface area contributed by atoms with E-state index in [4.69, 9.17) is 33.2 Å². The lowest BCUT2D eigenvalue weighted by Gasteiger charge is -2.69. The lowest BCUT2D eigenvalue weighted by Crippen LogP contribution is -2.69. The second-order valence-electron chi connectivity index (χ2n) is 19.1. The molecule has 320 valence electrons. The van der Waals surface area contributed by atoms with Crippen molar-refractivity contribution in [2.45, 2.75) is 163 Å². The molecule has 11 atom stereocenters. The molecule has 0 amide bonds. The van der Waals surface area contributed by atoms with Gasteiger partial charge in [0.1, 0.15) is 29.2 Å². The SMILES string of the molecule is CC(=O)OCC(=O)O[C@@H](C[C@@H](C)[C@]12CC[C@@]3(C)[C@@]1(C[C@H](OC(=O)COC(C)=O)[C@H]1[C@@]4(C)CCC(=O)C(C)(C)[C@@H]4CC[C@@]13C)O2)[C@@H](OC(=O)COC(C)=O)C(C)(C)O. The van der Waals surface area contributed by atoms with Crippen LogP contribution >= 0.6 is 0 Å². The molecule has 0 bridgehead atoms. The summed E-state index contributed by atoms with van der Waals surface area (Å²) in [5.74, 6) is -4.89. The molecule has 15 nitrogen and oxygen atoms in total. The van der Waals surface area contributed by atoms with Crippen molar-refractivity contribution in [2.75, 3.05) is 19.8 Å². The van der Waals surface area contributed by atoms with Crippen molar-refractivity contribution in [2.24, 2.45) is 39.4 Å². The third kappa shape index (κ3) is 7.60. The standard InChI is InChI=1S/C42H62O15/c1-23(18-27(54-31(47)20-51-24(2)43)35(37(7,8)50)56-33(49)22-53-26(4)45)41-17-16-40(11)39(10)15-12-29-36(5,6)30(46)13-14-38(29,9)34(39)28(19-42(40,41)57-41)55-32(48)21-52-25(3)44/h23,27-29,34-35,50H,12-22H2,1-11H3/t23-,27+,28+,29+,34+,35-,38+,39+,40-,41-,42-/m1/s1. The minimum atomic E-state index is -1.77. The predicted octanol–water partition coefficient (Wildman–Crippen LogP) is 4.35. The molecule has 15 heteroatoms. The average molecular weight is 807 g/mol. The smallest absolute Gasteiger partial charge is 0.344 e. The van der Waals surface area contributed by atoms with E-state index in [1.165, 1.54) is 20.8 Å². The molecule has 4 saturated carbocycles. The summed E-state index contributed by atoms with van der Waals surface area (Å²) >= 11 is 0. The molecular weight excluding hydrogens is 744 g/mol. The van der Waals surface area contributed by atoms with E-state index in [2.05, 4.69) is 20.8 Å². The summed E-state index contributed by atoms with van der Waals surface area (Å²) in [6.45, 7) is 17.1. The zero-order valence-electron chi connectivity index (χ0n) is 35.4. The number of rotatable bonds is 14. The van der Waals surface area contributed by atoms with Crippen molar-refractivity contribution in [1.29, 1.82) is 0 Å². The molecule has 0 aromatic carbocycles. The van der Waals surface area contributed by atoms with Crippen molar-refractivity contribution in [3.05, 3.63) is 0 Å². The molecule has 1 heterocycles. The van der Waals surface area contributed by atoms with Gasteiger partial charge in [-0.3, -0.25) is 19.2 Å². The maximum Gasteiger partial charge on any atom is 0.344 e. The lowest BCUT2D eigenvalue weighted by atomic mass is 9.34. The number of hydrogen-bond donors (Lipinski definition) is 1. The van der Waals surface area contributed by atoms with Gasteiger partial charge in [0, 0.05) is 50.4 Å². The molecule has 1 aliphatic heterocycles. The van der Waals surface area contributed by atoms with Crippen LogP contribution in [0.4, 0.5) is 0 Å². The quantitative estimate of drug-likeness (QED) is 0.147. The van der Waals surface area contributed by atoms with Gasteiger partial charge >= 0.3 is 35.8 Å². The summed E-state index contributed by atoms with van der Waals surface area (Å²) in [5, 5.41) is 11.3. The van der Waals surface area contributed by atoms with Gasteiger partial charge in [0.05, 0.1) is 5.60 Å². The highest BCUT2D eigenvalue weighted by atomic mass is 16.6. The van der Waals surface area contributed by atoms with Crippen molar-refractivity contribution in [3.63, 3.8) is 0 Å². The van der Waals surface area contributed by atoms with Crippen LogP contribution in [0.1, 0.15) is 128 Å². The van der Waals surface area contributed by atoms with Crippen LogP contribution in [0.25, 0.3) is 0 Å². The Balaban J connectivity index is 1.52. The normalized spacial score (nSPS) is 36.4. The summed E-state index contributed by atoms with van der Waals surface area (Å²) in [4.78, 5) is 87.4. The average Bonchev–Trinajstić information content (AvgIpc) is 3.68. The van der Waals surface area contributed by atoms with Gasteiger partial charge in [-0.2, -0.15) is 0 Å². The van der Waals surface area contributed by atoms with Gasteiger partial charge in [0.15, 0.2) is 25.9 Å². The summed E-state index contributed by atoms with van der Waals surface area (Å²) in [5.41, 5.74) is -5.21. The fraction of sp³-hybridized carbons (Fsp3) is 0.833. The van der Waals surface area contributed by atoms with Gasteiger partial charge in [0.25, 0.3) is 0 Å². The van der Waals surface area contributed by atoms with Crippen LogP contribution in [0, 0.1) is 39.4 Å². The summed E-state index contributed by atoms with van der Waals surface area (Å²) in [6.07, 6.45) is 1.01. The number of carbonyl (C=O) groups excluding carboxylic acids is 7. The van der Waals surface area contributed by atoms with Gasteiger partial charge in [-0.1, -0.05) is 41.5 Å². The second kappa shape index (κ2) is 15.2. The Morgan fingerprint density at radius 1 is 0.807 bits per heavy atom. The van der Waals surface area contributed by atoms with Crippen LogP contribution in [-0.4, -0.2) is 102 Å². The fourth-order valence-corrected chi connectivity index (χ4v) is 12.5. The number of fused-ring (bicyclic) bond motifs is 4. The minimum absolute atomic E-state index is 0.0340. The van der Waals surface area contributed by atoms with E-state index >= 15 is 0 Å². The van der Waals surface area contributed by atoms with Crippen molar-refractivity contribution < 1.29 is 71.8 Å². The summed E-state index contributed by atoms with van der Waals surface area (Å²) < 4.78 is 39.7. The van der Waals surface area contributed by atoms with Crippen LogP contribution in [0.2, 0.25) is 0 Å². The number of aliphatic hydroxyl groups is 1. The number of Topliss-reactive ketones (excluding diaryl/α,β-unsaturated/α-hetero) is 1. The van der Waals surface area contributed by atoms with Gasteiger partial charge in [-0.15, -0.1) is 0 Å². The Labute approximate surface area is 334 Å². The Kier molecular flexibility index (Phi) is 11.9. The molecule has 5 aliphatic rings. The van der Waals surface area contributed by atoms with E-state index in [-0.39, 0.29) is 29.5 Å². The third-order valence-electron chi connectivity index (χ3n) is 15.1. The van der Waals surface area contributed by atoms with Crippen LogP contribution in [-0.2, 0) is 66.7 Å². The molecule has 1 N–H and O–H groups in total. The highest BCUT2D eigenvalue weighted by molar-refractivity contribution is 5.85. The van der Waals surface area contributed by atoms with Gasteiger partial charge < -0.3 is 38.3 Å². The monoisotopic (exact) mass is 806 g/mol. The Morgan fingerprint density at radius 2 is 1.35 bits per heavy atom. The van der Waals surface area contributed by atoms with E-state index < -0.39 is 113 Å². The first-order chi connectivity index (χ1) is 26.2. The maximum atomic E-state index is 13.5. The molecule has 5 rings (SSSR count). The van der Waals surface area contributed by atoms with Crippen LogP contribution in [0.3, 0.4) is 0 Å². The highest BCUT2D eigenvalue weighted by Gasteiger charge is 2.89. The zero-order valence-corrected chi connectivity index (χ0v) is 35.4. The van der Waals surface area contributed by atoms with E-state index in [0.717, 1.165) is 33.1 Å². The molecule has 57 heavy (non-hydrogen) atoms. The van der Waals surface area contributed by atoms with Gasteiger partial charge in [-0.05, 0) is 75.0 Å². The topological polar surface area (TPSA) is 208 Å². The van der Waals surface area contributed by atoms with Crippen molar-refractivity contribution in [3.8, 4) is 0 Å². The zero-order chi connectivity index (χ0) is 42.7. The third-order valence-corrected chi connectivity index (χ3v) is 15.1. The Hall–Kier alpha value is -3.59. The van der Waals surface area contributed by atoms with Crippen LogP contribution in [0.15, 0.2) is 0 Å². The van der Waals surface area contributed by atoms with Gasteiger partial charge in [-0.25, -0.2) is 14.4 Å². The van der Waals surface area contributed by atoms with E-state index in [1.54, 1.807) is 0 Å². The Bertz CT molecular complexity index is 1660. The Morgan fingerprint density at radius 3 is 1.89 bits per heavy atom. The fourth-order valence-electron chi connectivity index (χ4n) is 12.5. The maximum absolute atomic E-state index is 13.5. The molecule has 5 fully saturated rings. The first-order valence-electron chi connectivity index (χ1n) is 20.1. The molecule has 0 aromatic heterocycles. The number of epoxide rings is 1. The molecule has 4 aliphatic carbocycles. The number of hydrogen-bond acceptors (Lipinski definition) is 15. The predicted molar refractivity (Wildman–Crippen MR) is 199 cm³/mol. The second-order valence-corrected chi connectivity index (χ2v) is 19.1. The number of ether oxygens (including phenoxy) is 7. The summed E-state index contributed by atoms with van der Waals surface area (Å²) in [7, 11) is 0. The molecule has 0 radical (unpaired) electrons. The molecule has 1 saturated heterocycles. The first-order valence-corrected chi connectivity index (χ1v) is 20.1. The van der Waals surface area contributed by atoms with E-state index in [9.17, 15) is 38.7 Å². The molecular formula is C42H62O15. The first kappa shape index (κ1) is 44.5. The van der Waals surface area contributed by atoms with Crippen molar-refractivity contribution >= 4 is 41.6 Å². The largest absolute Gasteiger partial charge is 0.459 e. The summed E-state index contributed by atoms with van der Waals surface area (Å²) in [6, 6.07) is 0.